The van der Waals surface area contributed by atoms with Crippen LogP contribution in [-0.4, -0.2) is 19.9 Å². The Kier molecular flexibility index (Phi) is 1.65. The third-order valence-electron chi connectivity index (χ3n) is 2.74. The molecule has 0 aliphatic carbocycles. The molecule has 2 heterocycles. The van der Waals surface area contributed by atoms with Crippen molar-refractivity contribution in [1.82, 2.24) is 19.9 Å². The first-order valence-electron chi connectivity index (χ1n) is 5.04. The van der Waals surface area contributed by atoms with Crippen LogP contribution < -0.4 is 5.73 Å². The lowest BCUT2D eigenvalue weighted by molar-refractivity contribution is 1.10. The normalized spacial score (nSPS) is 11.4. The third kappa shape index (κ3) is 1.14. The molecule has 0 aliphatic rings. The van der Waals surface area contributed by atoms with Gasteiger partial charge in [-0.05, 0) is 26.0 Å². The second-order valence-electron chi connectivity index (χ2n) is 3.86. The molecule has 0 amide bonds. The number of aryl methyl sites for hydroxylation is 2. The average Bonchev–Trinajstić information content (AvgIpc) is 2.61. The number of H-pyrrole nitrogens is 1. The molecule has 0 spiro atoms. The van der Waals surface area contributed by atoms with Crippen LogP contribution in [0.1, 0.15) is 11.4 Å². The SMILES string of the molecule is Cc1nc2c(ccc3nc(N)nc32)[nH]c1C. The minimum atomic E-state index is 0.294. The number of nitrogens with one attached hydrogen (secondary N) is 1. The van der Waals surface area contributed by atoms with E-state index in [-0.39, 0.29) is 0 Å². The van der Waals surface area contributed by atoms with Gasteiger partial charge in [0.15, 0.2) is 0 Å². The molecule has 0 saturated carbocycles. The highest BCUT2D eigenvalue weighted by Crippen LogP contribution is 2.22. The van der Waals surface area contributed by atoms with E-state index in [4.69, 9.17) is 5.73 Å². The van der Waals surface area contributed by atoms with E-state index in [0.29, 0.717) is 5.95 Å². The highest BCUT2D eigenvalue weighted by Gasteiger charge is 2.08. The Balaban J connectivity index is 2.54. The van der Waals surface area contributed by atoms with Crippen molar-refractivity contribution >= 4 is 28.0 Å². The topological polar surface area (TPSA) is 80.5 Å². The number of benzene rings is 1. The number of rotatable bonds is 0. The molecule has 16 heavy (non-hydrogen) atoms. The van der Waals surface area contributed by atoms with E-state index in [9.17, 15) is 0 Å². The van der Waals surface area contributed by atoms with Gasteiger partial charge in [-0.25, -0.2) is 15.0 Å². The minimum Gasteiger partial charge on any atom is -0.368 e. The fourth-order valence-electron chi connectivity index (χ4n) is 1.79. The summed E-state index contributed by atoms with van der Waals surface area (Å²) in [5, 5.41) is 0. The molecule has 5 nitrogen and oxygen atoms in total. The summed E-state index contributed by atoms with van der Waals surface area (Å²) in [6.45, 7) is 3.96. The highest BCUT2D eigenvalue weighted by molar-refractivity contribution is 6.00. The molecule has 0 atom stereocenters. The number of aromatic nitrogens is 4. The van der Waals surface area contributed by atoms with Gasteiger partial charge in [0.1, 0.15) is 11.0 Å². The quantitative estimate of drug-likeness (QED) is 0.595. The van der Waals surface area contributed by atoms with Gasteiger partial charge in [0.05, 0.1) is 16.7 Å². The molecule has 0 radical (unpaired) electrons. The molecule has 3 rings (SSSR count). The molecule has 1 aromatic carbocycles. The maximum atomic E-state index is 5.59. The summed E-state index contributed by atoms with van der Waals surface area (Å²) in [6, 6.07) is 3.85. The van der Waals surface area contributed by atoms with Crippen molar-refractivity contribution in [2.24, 2.45) is 0 Å². The number of imidazole rings is 1. The van der Waals surface area contributed by atoms with Gasteiger partial charge in [-0.2, -0.15) is 0 Å². The van der Waals surface area contributed by atoms with Crippen LogP contribution in [0.5, 0.6) is 0 Å². The lowest BCUT2D eigenvalue weighted by atomic mass is 10.2. The van der Waals surface area contributed by atoms with Gasteiger partial charge in [0.25, 0.3) is 0 Å². The largest absolute Gasteiger partial charge is 0.368 e. The van der Waals surface area contributed by atoms with Crippen molar-refractivity contribution in [2.75, 3.05) is 5.73 Å². The molecular weight excluding hydrogens is 202 g/mol. The van der Waals surface area contributed by atoms with Crippen molar-refractivity contribution in [3.63, 3.8) is 0 Å². The van der Waals surface area contributed by atoms with Gasteiger partial charge in [0, 0.05) is 5.69 Å². The maximum absolute atomic E-state index is 5.59. The van der Waals surface area contributed by atoms with Gasteiger partial charge >= 0.3 is 0 Å². The zero-order chi connectivity index (χ0) is 11.3. The highest BCUT2D eigenvalue weighted by atomic mass is 15.0. The Bertz CT molecular complexity index is 698. The molecule has 0 unspecified atom stereocenters. The van der Waals surface area contributed by atoms with E-state index in [1.54, 1.807) is 0 Å². The molecular formula is C11H11N5. The number of nitrogen functional groups attached to an aromatic ring is 1. The van der Waals surface area contributed by atoms with E-state index in [1.165, 1.54) is 0 Å². The summed E-state index contributed by atoms with van der Waals surface area (Å²) in [4.78, 5) is 16.1. The van der Waals surface area contributed by atoms with Crippen molar-refractivity contribution in [1.29, 1.82) is 0 Å². The van der Waals surface area contributed by atoms with Gasteiger partial charge in [-0.3, -0.25) is 0 Å². The fourth-order valence-corrected chi connectivity index (χ4v) is 1.79. The van der Waals surface area contributed by atoms with E-state index < -0.39 is 0 Å². The van der Waals surface area contributed by atoms with Gasteiger partial charge in [-0.15, -0.1) is 0 Å². The van der Waals surface area contributed by atoms with Crippen LogP contribution in [0.15, 0.2) is 12.1 Å². The number of nitrogens with zero attached hydrogens (tertiary/aromatic N) is 3. The molecule has 0 fully saturated rings. The number of hydrogen-bond donors (Lipinski definition) is 2. The van der Waals surface area contributed by atoms with Gasteiger partial charge < -0.3 is 10.7 Å². The third-order valence-corrected chi connectivity index (χ3v) is 2.74. The maximum Gasteiger partial charge on any atom is 0.221 e. The first kappa shape index (κ1) is 9.08. The number of fused-ring (bicyclic) bond motifs is 3. The molecule has 0 aliphatic heterocycles. The minimum absolute atomic E-state index is 0.294. The number of anilines is 1. The van der Waals surface area contributed by atoms with E-state index >= 15 is 0 Å². The Hall–Kier alpha value is -2.17. The Morgan fingerprint density at radius 3 is 2.69 bits per heavy atom. The second kappa shape index (κ2) is 2.91. The summed E-state index contributed by atoms with van der Waals surface area (Å²) in [6.07, 6.45) is 0. The lowest BCUT2D eigenvalue weighted by Crippen LogP contribution is -1.93. The number of hydrogen-bond acceptors (Lipinski definition) is 4. The smallest absolute Gasteiger partial charge is 0.221 e. The Labute approximate surface area is 91.7 Å². The average molecular weight is 213 g/mol. The van der Waals surface area contributed by atoms with Crippen LogP contribution in [0.4, 0.5) is 5.95 Å². The molecule has 3 N–H and O–H groups in total. The lowest BCUT2D eigenvalue weighted by Gasteiger charge is -2.03. The molecule has 5 heteroatoms. The first-order chi connectivity index (χ1) is 7.65. The van der Waals surface area contributed by atoms with Crippen LogP contribution in [0.3, 0.4) is 0 Å². The summed E-state index contributed by atoms with van der Waals surface area (Å²) in [7, 11) is 0. The number of nitrogens with two attached hydrogens (primary N) is 1. The zero-order valence-corrected chi connectivity index (χ0v) is 9.07. The summed E-state index contributed by atoms with van der Waals surface area (Å²) < 4.78 is 0. The van der Waals surface area contributed by atoms with Gasteiger partial charge in [-0.1, -0.05) is 0 Å². The van der Waals surface area contributed by atoms with Crippen molar-refractivity contribution < 1.29 is 0 Å². The van der Waals surface area contributed by atoms with Crippen LogP contribution in [0.25, 0.3) is 22.1 Å². The summed E-state index contributed by atoms with van der Waals surface area (Å²) in [5.74, 6) is 0.294. The fraction of sp³-hybridized carbons (Fsp3) is 0.182. The predicted octanol–water partition coefficient (Wildman–Crippen LogP) is 1.71. The second-order valence-corrected chi connectivity index (χ2v) is 3.86. The predicted molar refractivity (Wildman–Crippen MR) is 63.1 cm³/mol. The van der Waals surface area contributed by atoms with E-state index in [1.807, 2.05) is 26.0 Å². The standard InChI is InChI=1S/C11H11N5/c1-5-6(2)14-9-7(13-5)3-4-8-10(9)16-11(12)15-8/h3-4,13H,1-2H3,(H2,12,15). The molecule has 0 saturated heterocycles. The Morgan fingerprint density at radius 2 is 1.88 bits per heavy atom. The van der Waals surface area contributed by atoms with Crippen LogP contribution >= 0.6 is 0 Å². The van der Waals surface area contributed by atoms with Crippen molar-refractivity contribution in [3.05, 3.63) is 23.5 Å². The number of aromatic amines is 1. The molecule has 3 aromatic rings. The Morgan fingerprint density at radius 1 is 1.06 bits per heavy atom. The van der Waals surface area contributed by atoms with Crippen molar-refractivity contribution in [3.8, 4) is 0 Å². The summed E-state index contributed by atoms with van der Waals surface area (Å²) >= 11 is 0. The monoisotopic (exact) mass is 213 g/mol. The van der Waals surface area contributed by atoms with E-state index in [0.717, 1.165) is 33.5 Å². The molecule has 2 aromatic heterocycles. The van der Waals surface area contributed by atoms with Gasteiger partial charge in [0.2, 0.25) is 5.95 Å². The van der Waals surface area contributed by atoms with Crippen LogP contribution in [-0.2, 0) is 0 Å². The molecule has 0 bridgehead atoms. The van der Waals surface area contributed by atoms with E-state index in [2.05, 4.69) is 19.9 Å². The summed E-state index contributed by atoms with van der Waals surface area (Å²) in [5.41, 5.74) is 10.9. The van der Waals surface area contributed by atoms with Crippen LogP contribution in [0.2, 0.25) is 0 Å². The first-order valence-corrected chi connectivity index (χ1v) is 5.04. The molecule has 80 valence electrons. The van der Waals surface area contributed by atoms with Crippen LogP contribution in [0, 0.1) is 13.8 Å². The zero-order valence-electron chi connectivity index (χ0n) is 9.07. The van der Waals surface area contributed by atoms with Crippen molar-refractivity contribution in [2.45, 2.75) is 13.8 Å².